The van der Waals surface area contributed by atoms with Gasteiger partial charge in [0.15, 0.2) is 19.7 Å². The van der Waals surface area contributed by atoms with Crippen LogP contribution in [0.15, 0.2) is 58.3 Å². The molecule has 5 nitrogen and oxygen atoms in total. The lowest BCUT2D eigenvalue weighted by molar-refractivity contribution is 0.400. The summed E-state index contributed by atoms with van der Waals surface area (Å²) >= 11 is 0. The number of hydrogen-bond acceptors (Lipinski definition) is 5. The molecular weight excluding hydrogens is 346 g/mol. The zero-order valence-corrected chi connectivity index (χ0v) is 15.1. The highest BCUT2D eigenvalue weighted by Crippen LogP contribution is 2.43. The first-order chi connectivity index (χ1) is 11.2. The first-order valence-electron chi connectivity index (χ1n) is 7.52. The Morgan fingerprint density at radius 3 is 2.33 bits per heavy atom. The summed E-state index contributed by atoms with van der Waals surface area (Å²) in [5.74, 6) is -0.399. The lowest BCUT2D eigenvalue weighted by Crippen LogP contribution is -2.18. The second kappa shape index (κ2) is 5.98. The first kappa shape index (κ1) is 17.1. The van der Waals surface area contributed by atoms with Gasteiger partial charge in [-0.2, -0.15) is 0 Å². The van der Waals surface area contributed by atoms with Crippen LogP contribution in [-0.2, 0) is 26.2 Å². The Hall–Kier alpha value is -1.70. The van der Waals surface area contributed by atoms with Crippen molar-refractivity contribution in [2.45, 2.75) is 21.6 Å². The third kappa shape index (κ3) is 2.87. The van der Waals surface area contributed by atoms with E-state index in [9.17, 15) is 16.8 Å². The van der Waals surface area contributed by atoms with Gasteiger partial charge in [0.1, 0.15) is 5.25 Å². The van der Waals surface area contributed by atoms with Crippen LogP contribution < -0.4 is 0 Å². The Bertz CT molecular complexity index is 965. The van der Waals surface area contributed by atoms with Crippen molar-refractivity contribution in [3.63, 3.8) is 0 Å². The second-order valence-corrected chi connectivity index (χ2v) is 10.3. The van der Waals surface area contributed by atoms with Gasteiger partial charge in [0.2, 0.25) is 0 Å². The smallest absolute Gasteiger partial charge is 0.186 e. The Balaban J connectivity index is 2.21. The van der Waals surface area contributed by atoms with Crippen LogP contribution in [0.1, 0.15) is 16.4 Å². The van der Waals surface area contributed by atoms with E-state index in [2.05, 4.69) is 0 Å². The SMILES string of the molecule is CN(C)Cc1cccc2c1C(S(=O)(=O)c1ccccc1)CS2(=O)=O. The van der Waals surface area contributed by atoms with Gasteiger partial charge >= 0.3 is 0 Å². The van der Waals surface area contributed by atoms with Crippen LogP contribution in [-0.4, -0.2) is 41.6 Å². The fourth-order valence-corrected chi connectivity index (χ4v) is 7.52. The van der Waals surface area contributed by atoms with E-state index < -0.39 is 30.7 Å². The summed E-state index contributed by atoms with van der Waals surface area (Å²) in [6, 6.07) is 13.0. The first-order valence-corrected chi connectivity index (χ1v) is 10.7. The van der Waals surface area contributed by atoms with Crippen LogP contribution in [0.4, 0.5) is 0 Å². The number of hydrogen-bond donors (Lipinski definition) is 0. The van der Waals surface area contributed by atoms with Gasteiger partial charge in [-0.1, -0.05) is 30.3 Å². The summed E-state index contributed by atoms with van der Waals surface area (Å²) in [5, 5.41) is -1.06. The maximum Gasteiger partial charge on any atom is 0.186 e. The molecule has 0 saturated heterocycles. The predicted molar refractivity (Wildman–Crippen MR) is 92.3 cm³/mol. The summed E-state index contributed by atoms with van der Waals surface area (Å²) in [5.41, 5.74) is 1.16. The third-order valence-corrected chi connectivity index (χ3v) is 8.21. The molecule has 24 heavy (non-hydrogen) atoms. The minimum atomic E-state index is -3.78. The van der Waals surface area contributed by atoms with Crippen molar-refractivity contribution in [1.29, 1.82) is 0 Å². The average molecular weight is 365 g/mol. The van der Waals surface area contributed by atoms with Gasteiger partial charge < -0.3 is 4.90 Å². The molecule has 2 aromatic rings. The topological polar surface area (TPSA) is 71.5 Å². The minimum absolute atomic E-state index is 0.145. The molecule has 0 aliphatic carbocycles. The molecule has 0 spiro atoms. The highest BCUT2D eigenvalue weighted by atomic mass is 32.2. The molecule has 0 amide bonds. The normalized spacial score (nSPS) is 19.4. The van der Waals surface area contributed by atoms with Crippen LogP contribution in [0, 0.1) is 0 Å². The van der Waals surface area contributed by atoms with Crippen molar-refractivity contribution >= 4 is 19.7 Å². The summed E-state index contributed by atoms with van der Waals surface area (Å²) in [6.45, 7) is 0.486. The largest absolute Gasteiger partial charge is 0.305 e. The molecule has 7 heteroatoms. The zero-order chi connectivity index (χ0) is 17.5. The monoisotopic (exact) mass is 365 g/mol. The molecule has 128 valence electrons. The Morgan fingerprint density at radius 2 is 1.71 bits per heavy atom. The summed E-state index contributed by atoms with van der Waals surface area (Å²) in [4.78, 5) is 2.19. The van der Waals surface area contributed by atoms with Gasteiger partial charge in [0.25, 0.3) is 0 Å². The maximum atomic E-state index is 13.0. The lowest BCUT2D eigenvalue weighted by atomic mass is 10.0. The Labute approximate surface area is 142 Å². The lowest BCUT2D eigenvalue weighted by Gasteiger charge is -2.18. The minimum Gasteiger partial charge on any atom is -0.305 e. The molecule has 2 aromatic carbocycles. The van der Waals surface area contributed by atoms with Gasteiger partial charge in [0, 0.05) is 6.54 Å². The number of rotatable bonds is 4. The highest BCUT2D eigenvalue weighted by molar-refractivity contribution is 7.96. The molecule has 1 aliphatic rings. The van der Waals surface area contributed by atoms with E-state index in [1.807, 2.05) is 19.0 Å². The quantitative estimate of drug-likeness (QED) is 0.829. The van der Waals surface area contributed by atoms with Crippen molar-refractivity contribution in [3.8, 4) is 0 Å². The molecule has 0 aromatic heterocycles. The van der Waals surface area contributed by atoms with Crippen molar-refractivity contribution in [1.82, 2.24) is 4.90 Å². The Kier molecular flexibility index (Phi) is 4.27. The predicted octanol–water partition coefficient (Wildman–Crippen LogP) is 2.05. The number of sulfone groups is 2. The van der Waals surface area contributed by atoms with Crippen LogP contribution in [0.2, 0.25) is 0 Å². The molecule has 1 heterocycles. The van der Waals surface area contributed by atoms with E-state index in [0.29, 0.717) is 12.1 Å². The molecule has 1 atom stereocenters. The van der Waals surface area contributed by atoms with E-state index in [0.717, 1.165) is 5.56 Å². The van der Waals surface area contributed by atoms with E-state index in [1.54, 1.807) is 30.3 Å². The van der Waals surface area contributed by atoms with E-state index in [-0.39, 0.29) is 9.79 Å². The molecule has 1 unspecified atom stereocenters. The van der Waals surface area contributed by atoms with Crippen LogP contribution in [0.5, 0.6) is 0 Å². The molecule has 1 aliphatic heterocycles. The number of nitrogens with zero attached hydrogens (tertiary/aromatic N) is 1. The van der Waals surface area contributed by atoms with Gasteiger partial charge in [-0.25, -0.2) is 16.8 Å². The molecule has 0 bridgehead atoms. The molecule has 3 rings (SSSR count). The molecule has 0 N–H and O–H groups in total. The standard InChI is InChI=1S/C17H19NO4S2/c1-18(2)11-13-7-6-10-15-17(13)16(12-23(15,19)20)24(21,22)14-8-4-3-5-9-14/h3-10,16H,11-12H2,1-2H3. The van der Waals surface area contributed by atoms with Crippen molar-refractivity contribution in [3.05, 3.63) is 59.7 Å². The van der Waals surface area contributed by atoms with Crippen molar-refractivity contribution in [2.24, 2.45) is 0 Å². The maximum absolute atomic E-state index is 13.0. The van der Waals surface area contributed by atoms with Gasteiger partial charge in [-0.15, -0.1) is 0 Å². The summed E-state index contributed by atoms with van der Waals surface area (Å²) in [7, 11) is -3.65. The molecule has 0 fully saturated rings. The van der Waals surface area contributed by atoms with Crippen LogP contribution in [0.3, 0.4) is 0 Å². The number of fused-ring (bicyclic) bond motifs is 1. The highest BCUT2D eigenvalue weighted by Gasteiger charge is 2.44. The molecular formula is C17H19NO4S2. The van der Waals surface area contributed by atoms with Crippen molar-refractivity contribution in [2.75, 3.05) is 19.8 Å². The fraction of sp³-hybridized carbons (Fsp3) is 0.294. The fourth-order valence-electron chi connectivity index (χ4n) is 3.10. The molecule has 0 saturated carbocycles. The third-order valence-electron chi connectivity index (χ3n) is 4.12. The van der Waals surface area contributed by atoms with Crippen LogP contribution in [0.25, 0.3) is 0 Å². The summed E-state index contributed by atoms with van der Waals surface area (Å²) in [6.07, 6.45) is 0. The van der Waals surface area contributed by atoms with E-state index in [1.165, 1.54) is 18.2 Å². The van der Waals surface area contributed by atoms with E-state index >= 15 is 0 Å². The Morgan fingerprint density at radius 1 is 1.04 bits per heavy atom. The average Bonchev–Trinajstić information content (AvgIpc) is 2.81. The second-order valence-electron chi connectivity index (χ2n) is 6.19. The summed E-state index contributed by atoms with van der Waals surface area (Å²) < 4.78 is 51.1. The van der Waals surface area contributed by atoms with Gasteiger partial charge in [-0.3, -0.25) is 0 Å². The van der Waals surface area contributed by atoms with Gasteiger partial charge in [-0.05, 0) is 43.4 Å². The van der Waals surface area contributed by atoms with E-state index in [4.69, 9.17) is 0 Å². The molecule has 0 radical (unpaired) electrons. The van der Waals surface area contributed by atoms with Gasteiger partial charge in [0.05, 0.1) is 15.5 Å². The zero-order valence-electron chi connectivity index (χ0n) is 13.5. The van der Waals surface area contributed by atoms with Crippen LogP contribution >= 0.6 is 0 Å². The van der Waals surface area contributed by atoms with Crippen molar-refractivity contribution < 1.29 is 16.8 Å². The number of benzene rings is 2.